The van der Waals surface area contributed by atoms with Crippen molar-refractivity contribution in [1.82, 2.24) is 25.1 Å². The highest BCUT2D eigenvalue weighted by Crippen LogP contribution is 2.35. The summed E-state index contributed by atoms with van der Waals surface area (Å²) in [7, 11) is 0. The number of hydrogen-bond acceptors (Lipinski definition) is 5. The van der Waals surface area contributed by atoms with E-state index in [-0.39, 0.29) is 24.2 Å². The van der Waals surface area contributed by atoms with Crippen molar-refractivity contribution in [2.24, 2.45) is 0 Å². The third kappa shape index (κ3) is 3.29. The lowest BCUT2D eigenvalue weighted by atomic mass is 9.96. The van der Waals surface area contributed by atoms with E-state index in [1.54, 1.807) is 47.6 Å². The fraction of sp³-hybridized carbons (Fsp3) is 0.286. The Morgan fingerprint density at radius 3 is 2.83 bits per heavy atom. The molecule has 29 heavy (non-hydrogen) atoms. The molecule has 4 heterocycles. The number of hydrogen-bond donors (Lipinski definition) is 2. The molecule has 3 aromatic rings. The molecule has 0 saturated carbocycles. The first-order chi connectivity index (χ1) is 14.8. The Balaban J connectivity index is 1.41. The third-order valence-corrected chi connectivity index (χ3v) is 5.20. The van der Waals surface area contributed by atoms with Crippen LogP contribution >= 0.6 is 0 Å². The highest BCUT2D eigenvalue weighted by Gasteiger charge is 2.44. The summed E-state index contributed by atoms with van der Waals surface area (Å²) in [6.07, 6.45) is 2.55. The van der Waals surface area contributed by atoms with Crippen LogP contribution in [-0.4, -0.2) is 49.2 Å². The van der Waals surface area contributed by atoms with E-state index in [0.717, 1.165) is 5.69 Å². The zero-order chi connectivity index (χ0) is 21.8. The molecule has 0 amide bonds. The lowest BCUT2D eigenvalue weighted by Gasteiger charge is -2.27. The number of nitrogens with zero attached hydrogens (tertiary/aromatic N) is 4. The largest absolute Gasteiger partial charge is 0.507 e. The number of rotatable bonds is 3. The Morgan fingerprint density at radius 2 is 2.10 bits per heavy atom. The molecule has 8 heteroatoms. The number of nitrogens with one attached hydrogen (secondary N) is 1. The summed E-state index contributed by atoms with van der Waals surface area (Å²) in [6, 6.07) is 4.80. The average Bonchev–Trinajstić information content (AvgIpc) is 3.33. The first kappa shape index (κ1) is 15.8. The fourth-order valence-electron chi connectivity index (χ4n) is 3.69. The minimum atomic E-state index is -1.85. The molecule has 0 spiro atoms. The van der Waals surface area contributed by atoms with E-state index in [4.69, 9.17) is 2.74 Å². The van der Waals surface area contributed by atoms with Crippen molar-refractivity contribution in [2.75, 3.05) is 0 Å². The van der Waals surface area contributed by atoms with Crippen molar-refractivity contribution in [2.45, 2.75) is 37.2 Å². The van der Waals surface area contributed by atoms with Gasteiger partial charge in [-0.05, 0) is 48.8 Å². The molecule has 2 bridgehead atoms. The topological polar surface area (TPSA) is 75.9 Å². The second-order valence-corrected chi connectivity index (χ2v) is 7.12. The van der Waals surface area contributed by atoms with Crippen LogP contribution in [0.4, 0.5) is 8.78 Å². The van der Waals surface area contributed by atoms with Crippen LogP contribution in [-0.2, 0) is 0 Å². The SMILES string of the molecule is [2H][C@]12C/C(=C\c3ccc(-c4ccc(-n5ccnc5)cc4O)nn3)[C@H](F)[C@]([2H])(C[C@H]1F)N2. The molecule has 2 aromatic heterocycles. The van der Waals surface area contributed by atoms with Crippen LogP contribution in [0.2, 0.25) is 0 Å². The maximum absolute atomic E-state index is 14.8. The van der Waals surface area contributed by atoms with E-state index in [0.29, 0.717) is 17.0 Å². The minimum absolute atomic E-state index is 0.0200. The number of aromatic hydroxyl groups is 1. The summed E-state index contributed by atoms with van der Waals surface area (Å²) in [5, 5.41) is 21.1. The summed E-state index contributed by atoms with van der Waals surface area (Å²) >= 11 is 0. The summed E-state index contributed by atoms with van der Waals surface area (Å²) in [5.74, 6) is 0.0200. The molecule has 4 atom stereocenters. The first-order valence-electron chi connectivity index (χ1n) is 10.2. The Bertz CT molecular complexity index is 1160. The molecule has 6 nitrogen and oxygen atoms in total. The molecule has 0 aliphatic carbocycles. The number of phenols is 1. The lowest BCUT2D eigenvalue weighted by molar-refractivity contribution is 0.265. The standard InChI is InChI=1S/C21H19F2N5O/c22-16-10-19-21(23)12(8-18(16)25-19)7-13-1-4-17(27-26-13)15-3-2-14(9-20(15)29)28-6-5-24-11-28/h1-7,9,11,16,18-19,21,25,29H,8,10H2/b12-7+/t16-,18+,19+,21+/m1/s1/i18D,19D. The van der Waals surface area contributed by atoms with E-state index in [2.05, 4.69) is 20.5 Å². The predicted molar refractivity (Wildman–Crippen MR) is 104 cm³/mol. The van der Waals surface area contributed by atoms with Gasteiger partial charge in [-0.2, -0.15) is 5.10 Å². The number of benzene rings is 1. The van der Waals surface area contributed by atoms with Crippen molar-refractivity contribution in [1.29, 1.82) is 0 Å². The van der Waals surface area contributed by atoms with Gasteiger partial charge in [0.2, 0.25) is 0 Å². The van der Waals surface area contributed by atoms with Gasteiger partial charge in [0.05, 0.1) is 24.8 Å². The van der Waals surface area contributed by atoms with Crippen molar-refractivity contribution in [3.8, 4) is 22.7 Å². The summed E-state index contributed by atoms with van der Waals surface area (Å²) in [6.45, 7) is 0. The number of imidazole rings is 1. The second kappa shape index (κ2) is 7.04. The third-order valence-electron chi connectivity index (χ3n) is 5.20. The molecule has 5 rings (SSSR count). The van der Waals surface area contributed by atoms with E-state index in [1.807, 2.05) is 6.07 Å². The van der Waals surface area contributed by atoms with Gasteiger partial charge in [-0.15, -0.1) is 5.10 Å². The van der Waals surface area contributed by atoms with Gasteiger partial charge in [0.1, 0.15) is 18.1 Å². The highest BCUT2D eigenvalue weighted by atomic mass is 19.1. The first-order valence-corrected chi connectivity index (χ1v) is 9.21. The lowest BCUT2D eigenvalue weighted by Crippen LogP contribution is -2.43. The van der Waals surface area contributed by atoms with Gasteiger partial charge >= 0.3 is 0 Å². The van der Waals surface area contributed by atoms with Gasteiger partial charge in [0.15, 0.2) is 0 Å². The van der Waals surface area contributed by atoms with Crippen molar-refractivity contribution in [3.05, 3.63) is 60.3 Å². The van der Waals surface area contributed by atoms with Crippen LogP contribution < -0.4 is 5.32 Å². The summed E-state index contributed by atoms with van der Waals surface area (Å²) in [5.41, 5.74) is 2.13. The van der Waals surface area contributed by atoms with E-state index in [9.17, 15) is 13.9 Å². The quantitative estimate of drug-likeness (QED) is 0.710. The maximum Gasteiger partial charge on any atom is 0.137 e. The van der Waals surface area contributed by atoms with Gasteiger partial charge in [0.25, 0.3) is 0 Å². The molecular formula is C21H19F2N5O. The van der Waals surface area contributed by atoms with Crippen molar-refractivity contribution >= 4 is 6.08 Å². The average molecular weight is 397 g/mol. The van der Waals surface area contributed by atoms with Gasteiger partial charge in [-0.1, -0.05) is 0 Å². The van der Waals surface area contributed by atoms with Crippen LogP contribution in [0.15, 0.2) is 54.6 Å². The van der Waals surface area contributed by atoms with Crippen molar-refractivity contribution < 1.29 is 16.6 Å². The number of halogens is 2. The second-order valence-electron chi connectivity index (χ2n) is 7.12. The molecule has 2 N–H and O–H groups in total. The van der Waals surface area contributed by atoms with Gasteiger partial charge in [-0.3, -0.25) is 0 Å². The predicted octanol–water partition coefficient (Wildman–Crippen LogP) is 3.23. The molecule has 148 valence electrons. The molecule has 2 saturated heterocycles. The minimum Gasteiger partial charge on any atom is -0.507 e. The van der Waals surface area contributed by atoms with Gasteiger partial charge in [0, 0.05) is 37.4 Å². The number of alkyl halides is 2. The molecule has 0 unspecified atom stereocenters. The van der Waals surface area contributed by atoms with Crippen LogP contribution in [0.3, 0.4) is 0 Å². The molecule has 0 radical (unpaired) electrons. The Labute approximate surface area is 168 Å². The maximum atomic E-state index is 14.8. The Morgan fingerprint density at radius 1 is 1.21 bits per heavy atom. The van der Waals surface area contributed by atoms with Crippen molar-refractivity contribution in [3.63, 3.8) is 0 Å². The van der Waals surface area contributed by atoms with Crippen LogP contribution in [0.5, 0.6) is 5.75 Å². The van der Waals surface area contributed by atoms with E-state index < -0.39 is 24.4 Å². The zero-order valence-corrected chi connectivity index (χ0v) is 15.3. The highest BCUT2D eigenvalue weighted by molar-refractivity contribution is 5.69. The number of aromatic nitrogens is 4. The fourth-order valence-corrected chi connectivity index (χ4v) is 3.69. The van der Waals surface area contributed by atoms with Gasteiger partial charge in [-0.25, -0.2) is 13.8 Å². The van der Waals surface area contributed by atoms with E-state index >= 15 is 0 Å². The van der Waals surface area contributed by atoms with Crippen LogP contribution in [0.25, 0.3) is 23.0 Å². The Kier molecular flexibility index (Phi) is 3.82. The normalized spacial score (nSPS) is 33.5. The van der Waals surface area contributed by atoms with E-state index in [1.165, 1.54) is 6.08 Å². The van der Waals surface area contributed by atoms with Gasteiger partial charge < -0.3 is 15.0 Å². The Hall–Kier alpha value is -3.13. The number of phenolic OH excluding ortho intramolecular Hbond substituents is 1. The zero-order valence-electron chi connectivity index (χ0n) is 17.3. The smallest absolute Gasteiger partial charge is 0.137 e. The molecule has 2 aliphatic rings. The number of fused-ring (bicyclic) bond motifs is 2. The van der Waals surface area contributed by atoms with Crippen LogP contribution in [0.1, 0.15) is 21.3 Å². The molecule has 2 fully saturated rings. The van der Waals surface area contributed by atoms with Crippen LogP contribution in [0, 0.1) is 0 Å². The molecule has 2 aliphatic heterocycles. The molecule has 1 aromatic carbocycles. The monoisotopic (exact) mass is 397 g/mol. The molecular weight excluding hydrogens is 376 g/mol. The number of piperidine rings is 1. The summed E-state index contributed by atoms with van der Waals surface area (Å²) < 4.78 is 47.1. The summed E-state index contributed by atoms with van der Waals surface area (Å²) in [4.78, 5) is 3.98.